The van der Waals surface area contributed by atoms with Crippen LogP contribution in [0, 0.1) is 6.92 Å². The maximum absolute atomic E-state index is 13.0. The zero-order valence-electron chi connectivity index (χ0n) is 13.9. The van der Waals surface area contributed by atoms with E-state index >= 15 is 0 Å². The summed E-state index contributed by atoms with van der Waals surface area (Å²) in [6.45, 7) is 4.38. The molecule has 0 aliphatic carbocycles. The molecule has 0 bridgehead atoms. The smallest absolute Gasteiger partial charge is 0.258 e. The summed E-state index contributed by atoms with van der Waals surface area (Å²) in [5, 5.41) is 8.04. The molecule has 0 aliphatic rings. The highest BCUT2D eigenvalue weighted by atomic mass is 16.2. The van der Waals surface area contributed by atoms with Gasteiger partial charge in [-0.25, -0.2) is 4.98 Å². The topological polar surface area (TPSA) is 76.3 Å². The number of hydrogen-bond acceptors (Lipinski definition) is 5. The molecule has 0 radical (unpaired) electrons. The van der Waals surface area contributed by atoms with Gasteiger partial charge in [0.1, 0.15) is 6.33 Å². The Balaban J connectivity index is 1.83. The first-order chi connectivity index (χ1) is 12.2. The number of rotatable bonds is 3. The Bertz CT molecular complexity index is 1070. The summed E-state index contributed by atoms with van der Waals surface area (Å²) < 4.78 is 1.86. The average molecular weight is 332 g/mol. The van der Waals surface area contributed by atoms with E-state index in [9.17, 15) is 4.79 Å². The van der Waals surface area contributed by atoms with Gasteiger partial charge in [-0.3, -0.25) is 14.2 Å². The highest BCUT2D eigenvalue weighted by Gasteiger charge is 2.18. The van der Waals surface area contributed by atoms with Gasteiger partial charge in [0.05, 0.1) is 28.6 Å². The molecular weight excluding hydrogens is 316 g/mol. The van der Waals surface area contributed by atoms with Gasteiger partial charge >= 0.3 is 0 Å². The second-order valence-electron chi connectivity index (χ2n) is 5.69. The van der Waals surface area contributed by atoms with Crippen LogP contribution in [-0.2, 0) is 0 Å². The fourth-order valence-electron chi connectivity index (χ4n) is 2.95. The van der Waals surface area contributed by atoms with E-state index in [1.54, 1.807) is 29.7 Å². The number of fused-ring (bicyclic) bond motifs is 3. The first-order valence-electron chi connectivity index (χ1n) is 8.01. The van der Waals surface area contributed by atoms with Gasteiger partial charge in [0, 0.05) is 18.3 Å². The number of carbonyl (C=O) groups excluding carboxylic acids is 1. The van der Waals surface area contributed by atoms with E-state index in [1.807, 2.05) is 42.5 Å². The van der Waals surface area contributed by atoms with Crippen LogP contribution in [0.15, 0.2) is 49.1 Å². The fraction of sp³-hybridized carbons (Fsp3) is 0.167. The molecule has 124 valence electrons. The Morgan fingerprint density at radius 3 is 2.92 bits per heavy atom. The van der Waals surface area contributed by atoms with Crippen molar-refractivity contribution in [3.8, 4) is 0 Å². The van der Waals surface area contributed by atoms with Gasteiger partial charge in [0.2, 0.25) is 0 Å². The third kappa shape index (κ3) is 2.50. The van der Waals surface area contributed by atoms with Crippen LogP contribution in [0.2, 0.25) is 0 Å². The third-order valence-corrected chi connectivity index (χ3v) is 4.16. The number of pyridine rings is 1. The van der Waals surface area contributed by atoms with E-state index in [-0.39, 0.29) is 5.91 Å². The largest absolute Gasteiger partial charge is 0.307 e. The molecule has 3 heterocycles. The predicted octanol–water partition coefficient (Wildman–Crippen LogP) is 2.65. The maximum atomic E-state index is 13.0. The van der Waals surface area contributed by atoms with E-state index in [1.165, 1.54) is 0 Å². The minimum Gasteiger partial charge on any atom is -0.307 e. The first kappa shape index (κ1) is 15.2. The molecule has 0 unspecified atom stereocenters. The average Bonchev–Trinajstić information content (AvgIpc) is 3.14. The van der Waals surface area contributed by atoms with Crippen molar-refractivity contribution in [2.24, 2.45) is 0 Å². The minimum atomic E-state index is -0.0841. The van der Waals surface area contributed by atoms with Crippen molar-refractivity contribution < 1.29 is 4.79 Å². The van der Waals surface area contributed by atoms with Crippen LogP contribution in [0.3, 0.4) is 0 Å². The molecule has 0 aliphatic heterocycles. The predicted molar refractivity (Wildman–Crippen MR) is 94.6 cm³/mol. The third-order valence-electron chi connectivity index (χ3n) is 4.16. The van der Waals surface area contributed by atoms with E-state index in [0.29, 0.717) is 17.8 Å². The van der Waals surface area contributed by atoms with Gasteiger partial charge in [-0.05, 0) is 44.2 Å². The lowest BCUT2D eigenvalue weighted by Gasteiger charge is -2.20. The van der Waals surface area contributed by atoms with Crippen molar-refractivity contribution in [1.82, 2.24) is 24.6 Å². The van der Waals surface area contributed by atoms with Crippen molar-refractivity contribution in [2.75, 3.05) is 11.4 Å². The van der Waals surface area contributed by atoms with E-state index in [0.717, 1.165) is 22.4 Å². The quantitative estimate of drug-likeness (QED) is 0.576. The second kappa shape index (κ2) is 5.94. The molecule has 0 N–H and O–H groups in total. The fourth-order valence-corrected chi connectivity index (χ4v) is 2.95. The Labute approximate surface area is 144 Å². The van der Waals surface area contributed by atoms with Gasteiger partial charge in [0.25, 0.3) is 5.91 Å². The Morgan fingerprint density at radius 1 is 1.28 bits per heavy atom. The summed E-state index contributed by atoms with van der Waals surface area (Å²) in [5.74, 6) is -0.0841. The van der Waals surface area contributed by atoms with Gasteiger partial charge in [-0.1, -0.05) is 0 Å². The van der Waals surface area contributed by atoms with Crippen molar-refractivity contribution in [3.05, 3.63) is 60.3 Å². The summed E-state index contributed by atoms with van der Waals surface area (Å²) in [6, 6.07) is 9.18. The highest BCUT2D eigenvalue weighted by Crippen LogP contribution is 2.21. The molecule has 25 heavy (non-hydrogen) atoms. The van der Waals surface area contributed by atoms with E-state index in [4.69, 9.17) is 0 Å². The molecule has 0 fully saturated rings. The second-order valence-corrected chi connectivity index (χ2v) is 5.69. The van der Waals surface area contributed by atoms with E-state index < -0.39 is 0 Å². The lowest BCUT2D eigenvalue weighted by molar-refractivity contribution is 0.0988. The summed E-state index contributed by atoms with van der Waals surface area (Å²) in [6.07, 6.45) is 5.01. The zero-order chi connectivity index (χ0) is 17.4. The highest BCUT2D eigenvalue weighted by molar-refractivity contribution is 6.07. The Morgan fingerprint density at radius 2 is 2.16 bits per heavy atom. The van der Waals surface area contributed by atoms with Gasteiger partial charge in [-0.15, -0.1) is 10.2 Å². The molecule has 1 aromatic carbocycles. The van der Waals surface area contributed by atoms with Crippen LogP contribution in [0.4, 0.5) is 5.69 Å². The molecule has 7 heteroatoms. The van der Waals surface area contributed by atoms with Crippen molar-refractivity contribution in [2.45, 2.75) is 13.8 Å². The normalized spacial score (nSPS) is 11.1. The number of nitrogens with zero attached hydrogens (tertiary/aromatic N) is 6. The molecular formula is C18H16N6O. The standard InChI is InChI=1S/C18H16N6O/c1-3-23(14-5-4-8-19-10-14)18(25)13-6-7-15-16(9-13)24-11-20-22-17(24)12(2)21-15/h4-11H,3H2,1-2H3. The lowest BCUT2D eigenvalue weighted by atomic mass is 10.1. The minimum absolute atomic E-state index is 0.0841. The number of carbonyl (C=O) groups is 1. The number of anilines is 1. The zero-order valence-corrected chi connectivity index (χ0v) is 13.9. The van der Waals surface area contributed by atoms with Gasteiger partial charge in [-0.2, -0.15) is 0 Å². The number of aromatic nitrogens is 5. The van der Waals surface area contributed by atoms with Crippen LogP contribution in [0.25, 0.3) is 16.7 Å². The number of amides is 1. The molecule has 4 rings (SSSR count). The molecule has 7 nitrogen and oxygen atoms in total. The monoisotopic (exact) mass is 332 g/mol. The van der Waals surface area contributed by atoms with Crippen LogP contribution >= 0.6 is 0 Å². The summed E-state index contributed by atoms with van der Waals surface area (Å²) in [7, 11) is 0. The Hall–Kier alpha value is -3.35. The number of benzene rings is 1. The van der Waals surface area contributed by atoms with E-state index in [2.05, 4.69) is 20.2 Å². The van der Waals surface area contributed by atoms with Crippen LogP contribution < -0.4 is 4.90 Å². The molecule has 1 amide bonds. The van der Waals surface area contributed by atoms with Crippen molar-refractivity contribution >= 4 is 28.3 Å². The first-order valence-corrected chi connectivity index (χ1v) is 8.01. The van der Waals surface area contributed by atoms with Crippen LogP contribution in [0.5, 0.6) is 0 Å². The Kier molecular flexibility index (Phi) is 3.61. The molecule has 0 saturated heterocycles. The summed E-state index contributed by atoms with van der Waals surface area (Å²) in [5.41, 5.74) is 4.45. The van der Waals surface area contributed by atoms with Crippen molar-refractivity contribution in [3.63, 3.8) is 0 Å². The summed E-state index contributed by atoms with van der Waals surface area (Å²) in [4.78, 5) is 23.3. The lowest BCUT2D eigenvalue weighted by Crippen LogP contribution is -2.30. The summed E-state index contributed by atoms with van der Waals surface area (Å²) >= 11 is 0. The van der Waals surface area contributed by atoms with Crippen LogP contribution in [-0.4, -0.2) is 37.0 Å². The molecule has 0 spiro atoms. The molecule has 3 aromatic heterocycles. The van der Waals surface area contributed by atoms with Gasteiger partial charge < -0.3 is 4.90 Å². The molecule has 0 atom stereocenters. The molecule has 4 aromatic rings. The maximum Gasteiger partial charge on any atom is 0.258 e. The van der Waals surface area contributed by atoms with Crippen LogP contribution in [0.1, 0.15) is 23.0 Å². The number of aryl methyl sites for hydroxylation is 1. The SMILES string of the molecule is CCN(C(=O)c1ccc2nc(C)c3nncn3c2c1)c1cccnc1. The molecule has 0 saturated carbocycles. The number of hydrogen-bond donors (Lipinski definition) is 0. The van der Waals surface area contributed by atoms with Gasteiger partial charge in [0.15, 0.2) is 5.65 Å². The van der Waals surface area contributed by atoms with Crippen molar-refractivity contribution in [1.29, 1.82) is 0 Å².